The third-order valence-corrected chi connectivity index (χ3v) is 3.75. The maximum Gasteiger partial charge on any atom is 0.130 e. The van der Waals surface area contributed by atoms with Gasteiger partial charge in [-0.05, 0) is 35.2 Å². The Balaban J connectivity index is 2.29. The summed E-state index contributed by atoms with van der Waals surface area (Å²) in [5, 5.41) is 0. The third-order valence-electron chi connectivity index (χ3n) is 3.01. The molecule has 19 heavy (non-hydrogen) atoms. The molecule has 0 saturated carbocycles. The van der Waals surface area contributed by atoms with Gasteiger partial charge in [0.2, 0.25) is 0 Å². The molecule has 0 fully saturated rings. The quantitative estimate of drug-likeness (QED) is 0.876. The Morgan fingerprint density at radius 3 is 2.53 bits per heavy atom. The van der Waals surface area contributed by atoms with E-state index in [0.717, 1.165) is 21.5 Å². The normalized spacial score (nSPS) is 10.8. The molecule has 0 spiro atoms. The number of hydrogen-bond donors (Lipinski definition) is 1. The predicted molar refractivity (Wildman–Crippen MR) is 82.6 cm³/mol. The molecule has 0 atom stereocenters. The zero-order valence-corrected chi connectivity index (χ0v) is 12.8. The minimum atomic E-state index is 0.433. The Hall–Kier alpha value is -1.32. The molecule has 0 bridgehead atoms. The summed E-state index contributed by atoms with van der Waals surface area (Å²) in [5.41, 5.74) is 7.93. The van der Waals surface area contributed by atoms with Gasteiger partial charge in [0.15, 0.2) is 0 Å². The van der Waals surface area contributed by atoms with Crippen LogP contribution in [0.2, 0.25) is 0 Å². The van der Waals surface area contributed by atoms with Crippen LogP contribution in [0, 0.1) is 0 Å². The van der Waals surface area contributed by atoms with Crippen molar-refractivity contribution in [3.05, 3.63) is 58.1 Å². The van der Waals surface area contributed by atoms with E-state index >= 15 is 0 Å². The molecule has 0 unspecified atom stereocenters. The molecule has 0 aromatic heterocycles. The van der Waals surface area contributed by atoms with E-state index in [2.05, 4.69) is 35.8 Å². The Morgan fingerprint density at radius 1 is 1.16 bits per heavy atom. The van der Waals surface area contributed by atoms with Crippen LogP contribution in [-0.4, -0.2) is 0 Å². The van der Waals surface area contributed by atoms with Crippen molar-refractivity contribution < 1.29 is 4.74 Å². The van der Waals surface area contributed by atoms with Crippen molar-refractivity contribution >= 4 is 15.9 Å². The summed E-state index contributed by atoms with van der Waals surface area (Å²) < 4.78 is 6.96. The number of nitrogens with two attached hydrogens (primary N) is 1. The van der Waals surface area contributed by atoms with Gasteiger partial charge in [-0.1, -0.05) is 54.0 Å². The second-order valence-corrected chi connectivity index (χ2v) is 5.61. The second-order valence-electron chi connectivity index (χ2n) is 4.75. The summed E-state index contributed by atoms with van der Waals surface area (Å²) in [6, 6.07) is 14.0. The van der Waals surface area contributed by atoms with Crippen LogP contribution in [0.1, 0.15) is 30.9 Å². The maximum atomic E-state index is 5.98. The third kappa shape index (κ3) is 3.37. The van der Waals surface area contributed by atoms with Gasteiger partial charge in [-0.2, -0.15) is 0 Å². The van der Waals surface area contributed by atoms with E-state index in [9.17, 15) is 0 Å². The van der Waals surface area contributed by atoms with Crippen LogP contribution in [0.15, 0.2) is 46.9 Å². The molecule has 2 nitrogen and oxygen atoms in total. The topological polar surface area (TPSA) is 35.2 Å². The highest BCUT2D eigenvalue weighted by Gasteiger charge is 2.08. The van der Waals surface area contributed by atoms with E-state index in [0.29, 0.717) is 12.5 Å². The molecular weight excluding hydrogens is 302 g/mol. The van der Waals surface area contributed by atoms with Crippen LogP contribution in [-0.2, 0) is 6.54 Å². The van der Waals surface area contributed by atoms with Crippen LogP contribution < -0.4 is 10.5 Å². The van der Waals surface area contributed by atoms with Crippen molar-refractivity contribution in [2.45, 2.75) is 26.3 Å². The largest absolute Gasteiger partial charge is 0.457 e. The van der Waals surface area contributed by atoms with Gasteiger partial charge >= 0.3 is 0 Å². The fourth-order valence-electron chi connectivity index (χ4n) is 1.93. The summed E-state index contributed by atoms with van der Waals surface area (Å²) >= 11 is 3.51. The van der Waals surface area contributed by atoms with Crippen LogP contribution in [0.25, 0.3) is 0 Å². The van der Waals surface area contributed by atoms with Crippen LogP contribution in [0.3, 0.4) is 0 Å². The molecule has 0 aliphatic carbocycles. The van der Waals surface area contributed by atoms with Gasteiger partial charge in [0, 0.05) is 11.0 Å². The van der Waals surface area contributed by atoms with E-state index in [4.69, 9.17) is 10.5 Å². The van der Waals surface area contributed by atoms with Crippen molar-refractivity contribution in [3.63, 3.8) is 0 Å². The molecule has 2 aromatic carbocycles. The Morgan fingerprint density at radius 2 is 1.89 bits per heavy atom. The Kier molecular flexibility index (Phi) is 4.61. The van der Waals surface area contributed by atoms with Crippen LogP contribution >= 0.6 is 15.9 Å². The van der Waals surface area contributed by atoms with E-state index in [-0.39, 0.29) is 0 Å². The first-order valence-electron chi connectivity index (χ1n) is 6.37. The predicted octanol–water partition coefficient (Wildman–Crippen LogP) is 4.82. The molecule has 0 aliphatic rings. The molecule has 2 N–H and O–H groups in total. The van der Waals surface area contributed by atoms with Gasteiger partial charge < -0.3 is 10.5 Å². The summed E-state index contributed by atoms with van der Waals surface area (Å²) in [6.45, 7) is 4.84. The average Bonchev–Trinajstić information content (AvgIpc) is 2.39. The lowest BCUT2D eigenvalue weighted by Crippen LogP contribution is -1.98. The van der Waals surface area contributed by atoms with Crippen molar-refractivity contribution in [1.82, 2.24) is 0 Å². The summed E-state index contributed by atoms with van der Waals surface area (Å²) in [7, 11) is 0. The molecule has 0 aliphatic heterocycles. The van der Waals surface area contributed by atoms with Gasteiger partial charge in [-0.3, -0.25) is 0 Å². The highest BCUT2D eigenvalue weighted by Crippen LogP contribution is 2.32. The Labute approximate surface area is 122 Å². The van der Waals surface area contributed by atoms with E-state index in [1.807, 2.05) is 36.4 Å². The molecule has 2 rings (SSSR count). The van der Waals surface area contributed by atoms with Crippen molar-refractivity contribution in [2.75, 3.05) is 0 Å². The highest BCUT2D eigenvalue weighted by atomic mass is 79.9. The average molecular weight is 320 g/mol. The van der Waals surface area contributed by atoms with Gasteiger partial charge in [0.05, 0.1) is 0 Å². The first-order chi connectivity index (χ1) is 9.11. The molecule has 0 amide bonds. The number of ether oxygens (including phenoxy) is 1. The lowest BCUT2D eigenvalue weighted by Gasteiger charge is -2.14. The standard InChI is InChI=1S/C16H18BrNO/c1-11(2)14-5-3-4-6-16(14)19-13-8-7-12(10-18)15(17)9-13/h3-9,11H,10,18H2,1-2H3. The zero-order chi connectivity index (χ0) is 13.8. The summed E-state index contributed by atoms with van der Waals surface area (Å²) in [5.74, 6) is 2.16. The minimum Gasteiger partial charge on any atom is -0.457 e. The number of halogens is 1. The smallest absolute Gasteiger partial charge is 0.130 e. The number of hydrogen-bond acceptors (Lipinski definition) is 2. The highest BCUT2D eigenvalue weighted by molar-refractivity contribution is 9.10. The molecule has 2 aromatic rings. The van der Waals surface area contributed by atoms with E-state index < -0.39 is 0 Å². The van der Waals surface area contributed by atoms with Gasteiger partial charge in [0.1, 0.15) is 11.5 Å². The molecule has 3 heteroatoms. The molecule has 0 heterocycles. The van der Waals surface area contributed by atoms with Crippen LogP contribution in [0.5, 0.6) is 11.5 Å². The summed E-state index contributed by atoms with van der Waals surface area (Å²) in [4.78, 5) is 0. The lowest BCUT2D eigenvalue weighted by molar-refractivity contribution is 0.472. The van der Waals surface area contributed by atoms with E-state index in [1.165, 1.54) is 5.56 Å². The summed E-state index contributed by atoms with van der Waals surface area (Å²) in [6.07, 6.45) is 0. The molecular formula is C16H18BrNO. The minimum absolute atomic E-state index is 0.433. The van der Waals surface area contributed by atoms with Gasteiger partial charge in [-0.25, -0.2) is 0 Å². The molecule has 0 radical (unpaired) electrons. The second kappa shape index (κ2) is 6.22. The Bertz CT molecular complexity index is 566. The zero-order valence-electron chi connectivity index (χ0n) is 11.2. The van der Waals surface area contributed by atoms with Crippen molar-refractivity contribution in [1.29, 1.82) is 0 Å². The number of benzene rings is 2. The monoisotopic (exact) mass is 319 g/mol. The van der Waals surface area contributed by atoms with E-state index in [1.54, 1.807) is 0 Å². The van der Waals surface area contributed by atoms with Gasteiger partial charge in [0.25, 0.3) is 0 Å². The molecule has 100 valence electrons. The first-order valence-corrected chi connectivity index (χ1v) is 7.16. The van der Waals surface area contributed by atoms with Crippen LogP contribution in [0.4, 0.5) is 0 Å². The maximum absolute atomic E-state index is 5.98. The number of rotatable bonds is 4. The fraction of sp³-hybridized carbons (Fsp3) is 0.250. The van der Waals surface area contributed by atoms with Gasteiger partial charge in [-0.15, -0.1) is 0 Å². The van der Waals surface area contributed by atoms with Crippen molar-refractivity contribution in [3.8, 4) is 11.5 Å². The lowest BCUT2D eigenvalue weighted by atomic mass is 10.0. The SMILES string of the molecule is CC(C)c1ccccc1Oc1ccc(CN)c(Br)c1. The molecule has 0 saturated heterocycles. The first kappa shape index (κ1) is 14.1. The number of para-hydroxylation sites is 1. The fourth-order valence-corrected chi connectivity index (χ4v) is 2.45. The van der Waals surface area contributed by atoms with Crippen molar-refractivity contribution in [2.24, 2.45) is 5.73 Å².